The van der Waals surface area contributed by atoms with E-state index in [0.717, 1.165) is 0 Å². The first-order valence-corrected chi connectivity index (χ1v) is 9.32. The molecule has 1 aromatic heterocycles. The van der Waals surface area contributed by atoms with E-state index >= 15 is 0 Å². The van der Waals surface area contributed by atoms with E-state index in [9.17, 15) is 12.8 Å². The third-order valence-corrected chi connectivity index (χ3v) is 5.36. The first-order valence-electron chi connectivity index (χ1n) is 7.08. The van der Waals surface area contributed by atoms with Crippen LogP contribution in [0.2, 0.25) is 10.0 Å². The molecule has 0 unspecified atom stereocenters. The van der Waals surface area contributed by atoms with Crippen molar-refractivity contribution in [2.24, 2.45) is 0 Å². The van der Waals surface area contributed by atoms with E-state index in [1.165, 1.54) is 53.5 Å². The molecule has 3 aromatic rings. The Kier molecular flexibility index (Phi) is 4.99. The quantitative estimate of drug-likeness (QED) is 0.699. The Labute approximate surface area is 154 Å². The zero-order valence-electron chi connectivity index (χ0n) is 12.7. The van der Waals surface area contributed by atoms with Gasteiger partial charge in [0.2, 0.25) is 0 Å². The van der Waals surface area contributed by atoms with Crippen LogP contribution >= 0.6 is 23.2 Å². The molecule has 0 spiro atoms. The summed E-state index contributed by atoms with van der Waals surface area (Å²) < 4.78 is 41.6. The van der Waals surface area contributed by atoms with Gasteiger partial charge in [-0.15, -0.1) is 0 Å². The minimum absolute atomic E-state index is 0.0891. The Bertz CT molecular complexity index is 1000. The second-order valence-corrected chi connectivity index (χ2v) is 7.75. The Morgan fingerprint density at radius 1 is 1.12 bits per heavy atom. The van der Waals surface area contributed by atoms with Gasteiger partial charge >= 0.3 is 0 Å². The van der Waals surface area contributed by atoms with Crippen LogP contribution < -0.4 is 4.72 Å². The highest BCUT2D eigenvalue weighted by molar-refractivity contribution is 7.92. The van der Waals surface area contributed by atoms with Gasteiger partial charge in [0.05, 0.1) is 23.3 Å². The smallest absolute Gasteiger partial charge is 0.261 e. The van der Waals surface area contributed by atoms with Crippen molar-refractivity contribution in [3.05, 3.63) is 76.3 Å². The summed E-state index contributed by atoms with van der Waals surface area (Å²) >= 11 is 11.7. The molecule has 1 N–H and O–H groups in total. The summed E-state index contributed by atoms with van der Waals surface area (Å²) in [6, 6.07) is 9.88. The highest BCUT2D eigenvalue weighted by atomic mass is 35.5. The predicted molar refractivity (Wildman–Crippen MR) is 95.0 cm³/mol. The van der Waals surface area contributed by atoms with E-state index in [4.69, 9.17) is 23.2 Å². The normalized spacial score (nSPS) is 11.5. The number of aromatic nitrogens is 2. The standard InChI is InChI=1S/C16H12Cl2FN3O2S/c17-12-2-5-15(6-3-12)25(23,24)21-14-8-20-22(10-14)9-11-1-4-13(19)7-16(11)18/h1-8,10,21H,9H2. The molecule has 25 heavy (non-hydrogen) atoms. The molecule has 0 saturated heterocycles. The summed E-state index contributed by atoms with van der Waals surface area (Å²) in [5.74, 6) is -0.425. The minimum atomic E-state index is -3.74. The molecule has 0 aliphatic rings. The summed E-state index contributed by atoms with van der Waals surface area (Å²) in [6.45, 7) is 0.280. The fourth-order valence-corrected chi connectivity index (χ4v) is 3.54. The number of nitrogens with one attached hydrogen (secondary N) is 1. The molecule has 2 aromatic carbocycles. The molecule has 0 amide bonds. The van der Waals surface area contributed by atoms with Crippen LogP contribution in [-0.2, 0) is 16.6 Å². The summed E-state index contributed by atoms with van der Waals surface area (Å²) in [5, 5.41) is 4.81. The van der Waals surface area contributed by atoms with Crippen molar-refractivity contribution < 1.29 is 12.8 Å². The lowest BCUT2D eigenvalue weighted by molar-refractivity contribution is 0.601. The average Bonchev–Trinajstić information content (AvgIpc) is 2.97. The first-order chi connectivity index (χ1) is 11.8. The maximum absolute atomic E-state index is 13.1. The zero-order valence-corrected chi connectivity index (χ0v) is 15.0. The van der Waals surface area contributed by atoms with E-state index in [2.05, 4.69) is 9.82 Å². The van der Waals surface area contributed by atoms with Gasteiger partial charge in [-0.05, 0) is 42.0 Å². The van der Waals surface area contributed by atoms with Crippen molar-refractivity contribution in [3.63, 3.8) is 0 Å². The molecule has 5 nitrogen and oxygen atoms in total. The van der Waals surface area contributed by atoms with Crippen LogP contribution in [0, 0.1) is 5.82 Å². The Morgan fingerprint density at radius 2 is 1.84 bits per heavy atom. The molecule has 0 saturated carbocycles. The molecular formula is C16H12Cl2FN3O2S. The van der Waals surface area contributed by atoms with Gasteiger partial charge in [0.25, 0.3) is 10.0 Å². The van der Waals surface area contributed by atoms with Crippen molar-refractivity contribution in [1.82, 2.24) is 9.78 Å². The molecule has 130 valence electrons. The molecule has 0 fully saturated rings. The molecule has 9 heteroatoms. The summed E-state index contributed by atoms with van der Waals surface area (Å²) in [4.78, 5) is 0.0891. The topological polar surface area (TPSA) is 64.0 Å². The number of halogens is 3. The lowest BCUT2D eigenvalue weighted by atomic mass is 10.2. The maximum atomic E-state index is 13.1. The molecule has 0 atom stereocenters. The number of hydrogen-bond donors (Lipinski definition) is 1. The van der Waals surface area contributed by atoms with Gasteiger partial charge < -0.3 is 0 Å². The van der Waals surface area contributed by atoms with Gasteiger partial charge in [0.15, 0.2) is 0 Å². The third-order valence-electron chi connectivity index (χ3n) is 3.36. The summed E-state index contributed by atoms with van der Waals surface area (Å²) in [7, 11) is -3.74. The fraction of sp³-hybridized carbons (Fsp3) is 0.0625. The lowest BCUT2D eigenvalue weighted by Gasteiger charge is -2.06. The van der Waals surface area contributed by atoms with Crippen LogP contribution in [0.3, 0.4) is 0 Å². The summed E-state index contributed by atoms with van der Waals surface area (Å²) in [6.07, 6.45) is 2.90. The SMILES string of the molecule is O=S(=O)(Nc1cnn(Cc2ccc(F)cc2Cl)c1)c1ccc(Cl)cc1. The van der Waals surface area contributed by atoms with Crippen LogP contribution in [0.15, 0.2) is 59.8 Å². The molecule has 0 aliphatic carbocycles. The van der Waals surface area contributed by atoms with Crippen molar-refractivity contribution >= 4 is 38.9 Å². The Balaban J connectivity index is 1.76. The number of sulfonamides is 1. The van der Waals surface area contributed by atoms with Gasteiger partial charge in [-0.25, -0.2) is 12.8 Å². The highest BCUT2D eigenvalue weighted by Gasteiger charge is 2.15. The van der Waals surface area contributed by atoms with Gasteiger partial charge in [-0.3, -0.25) is 9.40 Å². The second kappa shape index (κ2) is 7.03. The van der Waals surface area contributed by atoms with Crippen LogP contribution in [0.5, 0.6) is 0 Å². The number of hydrogen-bond acceptors (Lipinski definition) is 3. The van der Waals surface area contributed by atoms with E-state index in [1.807, 2.05) is 0 Å². The average molecular weight is 400 g/mol. The zero-order chi connectivity index (χ0) is 18.0. The van der Waals surface area contributed by atoms with Gasteiger partial charge in [-0.2, -0.15) is 5.10 Å². The fourth-order valence-electron chi connectivity index (χ4n) is 2.16. The molecule has 1 heterocycles. The number of anilines is 1. The highest BCUT2D eigenvalue weighted by Crippen LogP contribution is 2.20. The van der Waals surface area contributed by atoms with Crippen LogP contribution in [0.1, 0.15) is 5.56 Å². The second-order valence-electron chi connectivity index (χ2n) is 5.22. The van der Waals surface area contributed by atoms with Crippen LogP contribution in [-0.4, -0.2) is 18.2 Å². The molecule has 0 bridgehead atoms. The maximum Gasteiger partial charge on any atom is 0.261 e. The predicted octanol–water partition coefficient (Wildman–Crippen LogP) is 4.18. The van der Waals surface area contributed by atoms with Crippen LogP contribution in [0.25, 0.3) is 0 Å². The third kappa shape index (κ3) is 4.31. The monoisotopic (exact) mass is 399 g/mol. The number of rotatable bonds is 5. The van der Waals surface area contributed by atoms with E-state index < -0.39 is 15.8 Å². The Morgan fingerprint density at radius 3 is 2.52 bits per heavy atom. The van der Waals surface area contributed by atoms with E-state index in [0.29, 0.717) is 16.3 Å². The van der Waals surface area contributed by atoms with Crippen LogP contribution in [0.4, 0.5) is 10.1 Å². The number of nitrogens with zero attached hydrogens (tertiary/aromatic N) is 2. The molecule has 3 rings (SSSR count). The van der Waals surface area contributed by atoms with Crippen molar-refractivity contribution in [2.75, 3.05) is 4.72 Å². The minimum Gasteiger partial charge on any atom is -0.276 e. The lowest BCUT2D eigenvalue weighted by Crippen LogP contribution is -2.12. The molecule has 0 aliphatic heterocycles. The van der Waals surface area contributed by atoms with Crippen molar-refractivity contribution in [3.8, 4) is 0 Å². The van der Waals surface area contributed by atoms with Gasteiger partial charge in [-0.1, -0.05) is 29.3 Å². The van der Waals surface area contributed by atoms with E-state index in [1.54, 1.807) is 6.07 Å². The van der Waals surface area contributed by atoms with Gasteiger partial charge in [0.1, 0.15) is 5.82 Å². The first kappa shape index (κ1) is 17.7. The number of benzene rings is 2. The molecule has 0 radical (unpaired) electrons. The molecular weight excluding hydrogens is 388 g/mol. The Hall–Kier alpha value is -2.09. The van der Waals surface area contributed by atoms with Gasteiger partial charge in [0, 0.05) is 16.2 Å². The van der Waals surface area contributed by atoms with Crippen molar-refractivity contribution in [2.45, 2.75) is 11.4 Å². The van der Waals surface area contributed by atoms with Crippen molar-refractivity contribution in [1.29, 1.82) is 0 Å². The van der Waals surface area contributed by atoms with E-state index in [-0.39, 0.29) is 16.5 Å². The summed E-state index contributed by atoms with van der Waals surface area (Å²) in [5.41, 5.74) is 0.964. The largest absolute Gasteiger partial charge is 0.276 e.